The van der Waals surface area contributed by atoms with Crippen molar-refractivity contribution < 1.29 is 49.0 Å². The lowest BCUT2D eigenvalue weighted by Crippen LogP contribution is -2.56. The summed E-state index contributed by atoms with van der Waals surface area (Å²) in [5, 5.41) is 44.4. The Balaban J connectivity index is 1.67. The number of aliphatic hydroxyl groups excluding tert-OH is 1. The SMILES string of the molecule is COc1cccc2c1C(=O)c1c(O)c3c(c(O)c1C2=O)C[C@@](O)(C(C)=O)C[C@@H]3O[C@H]1C[C@H](NN)[C@H](O)[C@H](C)O1. The van der Waals surface area contributed by atoms with Crippen molar-refractivity contribution in [3.63, 3.8) is 0 Å². The third kappa shape index (κ3) is 4.11. The highest BCUT2D eigenvalue weighted by molar-refractivity contribution is 6.31. The van der Waals surface area contributed by atoms with E-state index in [2.05, 4.69) is 5.43 Å². The molecule has 1 saturated heterocycles. The van der Waals surface area contributed by atoms with Gasteiger partial charge in [0.05, 0.1) is 48.2 Å². The van der Waals surface area contributed by atoms with Crippen LogP contribution >= 0.6 is 0 Å². The summed E-state index contributed by atoms with van der Waals surface area (Å²) in [4.78, 5) is 39.7. The van der Waals surface area contributed by atoms with Crippen LogP contribution in [0.4, 0.5) is 0 Å². The van der Waals surface area contributed by atoms with Crippen molar-refractivity contribution >= 4 is 17.3 Å². The topological polar surface area (TPSA) is 198 Å². The van der Waals surface area contributed by atoms with Gasteiger partial charge in [0.15, 0.2) is 17.9 Å². The Labute approximate surface area is 223 Å². The maximum Gasteiger partial charge on any atom is 0.202 e. The summed E-state index contributed by atoms with van der Waals surface area (Å²) in [6, 6.07) is 3.82. The van der Waals surface area contributed by atoms with Gasteiger partial charge in [-0.1, -0.05) is 12.1 Å². The highest BCUT2D eigenvalue weighted by Crippen LogP contribution is 2.52. The van der Waals surface area contributed by atoms with Crippen LogP contribution in [0.25, 0.3) is 0 Å². The van der Waals surface area contributed by atoms with Gasteiger partial charge in [0.25, 0.3) is 0 Å². The fourth-order valence-electron chi connectivity index (χ4n) is 5.79. The minimum Gasteiger partial charge on any atom is -0.507 e. The molecule has 2 aromatic rings. The summed E-state index contributed by atoms with van der Waals surface area (Å²) in [7, 11) is 1.34. The average molecular weight is 543 g/mol. The van der Waals surface area contributed by atoms with Gasteiger partial charge < -0.3 is 34.6 Å². The van der Waals surface area contributed by atoms with Crippen LogP contribution in [0.2, 0.25) is 0 Å². The Morgan fingerprint density at radius 1 is 1.15 bits per heavy atom. The molecule has 0 unspecified atom stereocenters. The molecule has 2 aliphatic carbocycles. The minimum atomic E-state index is -2.01. The van der Waals surface area contributed by atoms with E-state index >= 15 is 0 Å². The number of rotatable bonds is 5. The first-order valence-electron chi connectivity index (χ1n) is 12.5. The van der Waals surface area contributed by atoms with Crippen LogP contribution < -0.4 is 16.0 Å². The number of hydrogen-bond donors (Lipinski definition) is 6. The summed E-state index contributed by atoms with van der Waals surface area (Å²) in [6.07, 6.45) is -4.57. The molecule has 2 aromatic carbocycles. The number of aliphatic hydroxyl groups is 2. The molecule has 5 rings (SSSR count). The average Bonchev–Trinajstić information content (AvgIpc) is 2.90. The van der Waals surface area contributed by atoms with Gasteiger partial charge in [-0.2, -0.15) is 0 Å². The molecule has 1 aliphatic heterocycles. The van der Waals surface area contributed by atoms with Gasteiger partial charge in [-0.3, -0.25) is 25.7 Å². The lowest BCUT2D eigenvalue weighted by atomic mass is 9.72. The second kappa shape index (κ2) is 9.66. The number of nitrogens with one attached hydrogen (secondary N) is 1. The molecular formula is C27H30N2O10. The molecule has 0 radical (unpaired) electrons. The number of fused-ring (bicyclic) bond motifs is 3. The van der Waals surface area contributed by atoms with E-state index in [4.69, 9.17) is 20.1 Å². The van der Waals surface area contributed by atoms with Crippen molar-refractivity contribution in [1.29, 1.82) is 0 Å². The molecule has 1 fully saturated rings. The third-order valence-corrected chi connectivity index (χ3v) is 7.97. The molecule has 12 heteroatoms. The van der Waals surface area contributed by atoms with Crippen molar-refractivity contribution in [2.45, 2.75) is 69.4 Å². The van der Waals surface area contributed by atoms with E-state index in [0.29, 0.717) is 0 Å². The van der Waals surface area contributed by atoms with Crippen molar-refractivity contribution in [1.82, 2.24) is 5.43 Å². The molecule has 208 valence electrons. The fraction of sp³-hybridized carbons (Fsp3) is 0.444. The number of Topliss-reactive ketones (excluding diaryl/α,β-unsaturated/α-hetero) is 1. The monoisotopic (exact) mass is 542 g/mol. The lowest BCUT2D eigenvalue weighted by Gasteiger charge is -2.42. The van der Waals surface area contributed by atoms with Gasteiger partial charge in [0.2, 0.25) is 5.78 Å². The Kier molecular flexibility index (Phi) is 6.74. The number of hydrazine groups is 1. The van der Waals surface area contributed by atoms with Crippen molar-refractivity contribution in [2.24, 2.45) is 5.84 Å². The molecular weight excluding hydrogens is 512 g/mol. The van der Waals surface area contributed by atoms with Crippen LogP contribution in [0, 0.1) is 0 Å². The number of ketones is 3. The van der Waals surface area contributed by atoms with Crippen LogP contribution in [-0.2, 0) is 20.7 Å². The number of aromatic hydroxyl groups is 2. The molecule has 6 atom stereocenters. The van der Waals surface area contributed by atoms with E-state index in [1.54, 1.807) is 6.92 Å². The zero-order valence-corrected chi connectivity index (χ0v) is 21.6. The van der Waals surface area contributed by atoms with E-state index < -0.39 is 82.6 Å². The highest BCUT2D eigenvalue weighted by Gasteiger charge is 2.49. The molecule has 0 saturated carbocycles. The van der Waals surface area contributed by atoms with E-state index in [1.165, 1.54) is 32.2 Å². The Bertz CT molecular complexity index is 1390. The van der Waals surface area contributed by atoms with E-state index in [9.17, 15) is 34.8 Å². The predicted octanol–water partition coefficient (Wildman–Crippen LogP) is 0.533. The zero-order chi connectivity index (χ0) is 28.4. The first kappa shape index (κ1) is 27.2. The second-order valence-corrected chi connectivity index (χ2v) is 10.2. The summed E-state index contributed by atoms with van der Waals surface area (Å²) in [6.45, 7) is 2.79. The van der Waals surface area contributed by atoms with Gasteiger partial charge in [0, 0.05) is 36.0 Å². The number of phenolic OH excluding ortho intramolecular Hbond substituents is 2. The van der Waals surface area contributed by atoms with Crippen LogP contribution in [0.1, 0.15) is 75.8 Å². The number of methoxy groups -OCH3 is 1. The molecule has 1 heterocycles. The van der Waals surface area contributed by atoms with Gasteiger partial charge in [-0.25, -0.2) is 0 Å². The highest BCUT2D eigenvalue weighted by atomic mass is 16.7. The number of carbonyl (C=O) groups is 3. The Hall–Kier alpha value is -3.39. The Morgan fingerprint density at radius 3 is 2.49 bits per heavy atom. The second-order valence-electron chi connectivity index (χ2n) is 10.2. The lowest BCUT2D eigenvalue weighted by molar-refractivity contribution is -0.249. The number of hydrogen-bond acceptors (Lipinski definition) is 12. The van der Waals surface area contributed by atoms with E-state index in [1.807, 2.05) is 0 Å². The number of carbonyl (C=O) groups excluding carboxylic acids is 3. The molecule has 7 N–H and O–H groups in total. The van der Waals surface area contributed by atoms with Crippen molar-refractivity contribution in [2.75, 3.05) is 7.11 Å². The van der Waals surface area contributed by atoms with Gasteiger partial charge in [0.1, 0.15) is 22.8 Å². The normalized spacial score (nSPS) is 29.8. The standard InChI is InChI=1S/C27H30N2O10/c1-10-22(31)14(29-28)7-17(38-10)39-16-9-27(36,11(2)30)8-13-19(16)26(35)21-20(24(13)33)23(32)12-5-4-6-15(37-3)18(12)25(21)34/h4-6,10,14,16-17,22,29,31,33,35-36H,7-9,28H2,1-3H3/t10-,14-,16-,17-,22+,27-/m0/s1. The van der Waals surface area contributed by atoms with Crippen LogP contribution in [0.5, 0.6) is 17.2 Å². The fourth-order valence-corrected chi connectivity index (χ4v) is 5.79. The number of ether oxygens (including phenoxy) is 3. The molecule has 12 nitrogen and oxygen atoms in total. The van der Waals surface area contributed by atoms with Crippen molar-refractivity contribution in [3.05, 3.63) is 51.6 Å². The smallest absolute Gasteiger partial charge is 0.202 e. The molecule has 0 spiro atoms. The van der Waals surface area contributed by atoms with Gasteiger partial charge in [-0.05, 0) is 19.9 Å². The molecule has 39 heavy (non-hydrogen) atoms. The molecule has 0 aromatic heterocycles. The molecule has 0 bridgehead atoms. The quantitative estimate of drug-likeness (QED) is 0.149. The first-order valence-corrected chi connectivity index (χ1v) is 12.5. The van der Waals surface area contributed by atoms with E-state index in [0.717, 1.165) is 0 Å². The van der Waals surface area contributed by atoms with Crippen LogP contribution in [-0.4, -0.2) is 75.0 Å². The number of phenols is 2. The molecule has 0 amide bonds. The van der Waals surface area contributed by atoms with Crippen molar-refractivity contribution in [3.8, 4) is 17.2 Å². The zero-order valence-electron chi connectivity index (χ0n) is 21.6. The first-order chi connectivity index (χ1) is 18.4. The number of benzene rings is 2. The Morgan fingerprint density at radius 2 is 1.85 bits per heavy atom. The summed E-state index contributed by atoms with van der Waals surface area (Å²) in [5.74, 6) is 2.36. The maximum absolute atomic E-state index is 13.7. The maximum atomic E-state index is 13.7. The summed E-state index contributed by atoms with van der Waals surface area (Å²) < 4.78 is 17.2. The number of nitrogens with two attached hydrogens (primary N) is 1. The van der Waals surface area contributed by atoms with Crippen LogP contribution in [0.3, 0.4) is 0 Å². The largest absolute Gasteiger partial charge is 0.507 e. The van der Waals surface area contributed by atoms with Crippen LogP contribution in [0.15, 0.2) is 18.2 Å². The predicted molar refractivity (Wildman–Crippen MR) is 133 cm³/mol. The van der Waals surface area contributed by atoms with Gasteiger partial charge in [-0.15, -0.1) is 0 Å². The summed E-state index contributed by atoms with van der Waals surface area (Å²) in [5.41, 5.74) is -0.580. The molecule has 3 aliphatic rings. The third-order valence-electron chi connectivity index (χ3n) is 7.97. The van der Waals surface area contributed by atoms with E-state index in [-0.39, 0.29) is 40.8 Å². The summed E-state index contributed by atoms with van der Waals surface area (Å²) >= 11 is 0. The minimum absolute atomic E-state index is 0.0181. The van der Waals surface area contributed by atoms with Gasteiger partial charge >= 0.3 is 0 Å².